The van der Waals surface area contributed by atoms with Crippen LogP contribution in [0.4, 0.5) is 5.69 Å². The summed E-state index contributed by atoms with van der Waals surface area (Å²) in [5, 5.41) is 13.9. The normalized spacial score (nSPS) is 17.8. The maximum atomic E-state index is 13.1. The van der Waals surface area contributed by atoms with Crippen molar-refractivity contribution in [1.82, 2.24) is 0 Å². The van der Waals surface area contributed by atoms with E-state index in [-0.39, 0.29) is 11.3 Å². The van der Waals surface area contributed by atoms with Crippen LogP contribution in [-0.4, -0.2) is 23.4 Å². The fourth-order valence-electron chi connectivity index (χ4n) is 3.62. The molecule has 0 bridgehead atoms. The maximum Gasteiger partial charge on any atom is 0.300 e. The summed E-state index contributed by atoms with van der Waals surface area (Å²) in [5.74, 6) is -1.42. The van der Waals surface area contributed by atoms with Crippen molar-refractivity contribution in [3.8, 4) is 5.75 Å². The molecule has 1 fully saturated rings. The van der Waals surface area contributed by atoms with Gasteiger partial charge in [-0.1, -0.05) is 35.3 Å². The van der Waals surface area contributed by atoms with Crippen LogP contribution in [0.15, 0.2) is 59.5 Å². The molecule has 1 aliphatic rings. The number of carbonyl (C=O) groups excluding carboxylic acids is 2. The van der Waals surface area contributed by atoms with Gasteiger partial charge in [0.25, 0.3) is 11.7 Å². The zero-order chi connectivity index (χ0) is 23.0. The molecule has 3 aromatic rings. The molecule has 2 heterocycles. The number of nitrogens with zero attached hydrogens (tertiary/aromatic N) is 1. The average molecular weight is 488 g/mol. The van der Waals surface area contributed by atoms with Crippen molar-refractivity contribution in [1.29, 1.82) is 0 Å². The Morgan fingerprint density at radius 1 is 1.12 bits per heavy atom. The van der Waals surface area contributed by atoms with E-state index >= 15 is 0 Å². The smallest absolute Gasteiger partial charge is 0.300 e. The zero-order valence-corrected chi connectivity index (χ0v) is 19.6. The van der Waals surface area contributed by atoms with E-state index in [0.29, 0.717) is 33.7 Å². The lowest BCUT2D eigenvalue weighted by Crippen LogP contribution is -2.29. The molecule has 1 aliphatic heterocycles. The number of aliphatic hydroxyl groups is 1. The summed E-state index contributed by atoms with van der Waals surface area (Å²) >= 11 is 13.9. The number of halogens is 2. The largest absolute Gasteiger partial charge is 0.507 e. The molecule has 4 rings (SSSR count). The first-order valence-electron chi connectivity index (χ1n) is 9.86. The van der Waals surface area contributed by atoms with Crippen LogP contribution in [0.5, 0.6) is 5.75 Å². The number of hydrogen-bond acceptors (Lipinski definition) is 5. The third-order valence-electron chi connectivity index (χ3n) is 5.20. The van der Waals surface area contributed by atoms with Gasteiger partial charge in [0, 0.05) is 21.2 Å². The van der Waals surface area contributed by atoms with Gasteiger partial charge in [0.1, 0.15) is 17.6 Å². The molecule has 1 amide bonds. The van der Waals surface area contributed by atoms with Crippen LogP contribution < -0.4 is 9.64 Å². The van der Waals surface area contributed by atoms with Crippen molar-refractivity contribution < 1.29 is 19.4 Å². The van der Waals surface area contributed by atoms with E-state index in [9.17, 15) is 14.7 Å². The lowest BCUT2D eigenvalue weighted by Gasteiger charge is -2.24. The molecule has 5 nitrogen and oxygen atoms in total. The van der Waals surface area contributed by atoms with Gasteiger partial charge in [-0.3, -0.25) is 14.5 Å². The molecule has 1 aromatic heterocycles. The van der Waals surface area contributed by atoms with Gasteiger partial charge in [-0.05, 0) is 61.2 Å². The number of thiophene rings is 1. The van der Waals surface area contributed by atoms with Gasteiger partial charge in [0.15, 0.2) is 0 Å². The second-order valence-electron chi connectivity index (χ2n) is 7.20. The fourth-order valence-corrected chi connectivity index (χ4v) is 4.79. The zero-order valence-electron chi connectivity index (χ0n) is 17.3. The van der Waals surface area contributed by atoms with E-state index < -0.39 is 17.7 Å². The molecule has 0 spiro atoms. The highest BCUT2D eigenvalue weighted by molar-refractivity contribution is 7.10. The van der Waals surface area contributed by atoms with E-state index in [0.717, 1.165) is 10.4 Å². The van der Waals surface area contributed by atoms with Crippen LogP contribution >= 0.6 is 34.5 Å². The Morgan fingerprint density at radius 2 is 1.91 bits per heavy atom. The summed E-state index contributed by atoms with van der Waals surface area (Å²) in [4.78, 5) is 28.4. The monoisotopic (exact) mass is 487 g/mol. The first-order chi connectivity index (χ1) is 15.3. The number of benzene rings is 2. The van der Waals surface area contributed by atoms with Gasteiger partial charge in [-0.15, -0.1) is 11.3 Å². The number of ketones is 1. The van der Waals surface area contributed by atoms with Crippen LogP contribution in [-0.2, 0) is 9.59 Å². The standard InChI is InChI=1S/C24H19Cl2NO4S/c1-3-31-18-11-14(7-9-16(18)25)22(28)20-21(19-5-4-10-32-19)27(24(30)23(20)29)15-8-6-13(2)17(26)12-15/h4-12,21,28H,3H2,1-2H3/b22-20-. The van der Waals surface area contributed by atoms with E-state index in [4.69, 9.17) is 27.9 Å². The molecule has 32 heavy (non-hydrogen) atoms. The number of hydrogen-bond donors (Lipinski definition) is 1. The topological polar surface area (TPSA) is 66.8 Å². The number of rotatable bonds is 5. The third kappa shape index (κ3) is 3.90. The lowest BCUT2D eigenvalue weighted by atomic mass is 9.99. The highest BCUT2D eigenvalue weighted by atomic mass is 35.5. The number of Topliss-reactive ketones (excluding diaryl/α,β-unsaturated/α-hetero) is 1. The summed E-state index contributed by atoms with van der Waals surface area (Å²) in [6, 6.07) is 12.8. The second kappa shape index (κ2) is 8.98. The SMILES string of the molecule is CCOc1cc(/C(O)=C2/C(=O)C(=O)N(c3ccc(C)c(Cl)c3)C2c2cccs2)ccc1Cl. The predicted octanol–water partition coefficient (Wildman–Crippen LogP) is 6.39. The minimum atomic E-state index is -0.792. The molecular weight excluding hydrogens is 469 g/mol. The van der Waals surface area contributed by atoms with Gasteiger partial charge in [0.2, 0.25) is 0 Å². The van der Waals surface area contributed by atoms with Crippen molar-refractivity contribution in [2.45, 2.75) is 19.9 Å². The van der Waals surface area contributed by atoms with Gasteiger partial charge < -0.3 is 9.84 Å². The average Bonchev–Trinajstić information content (AvgIpc) is 3.39. The van der Waals surface area contributed by atoms with Gasteiger partial charge in [-0.25, -0.2) is 0 Å². The van der Waals surface area contributed by atoms with Crippen molar-refractivity contribution in [3.63, 3.8) is 0 Å². The summed E-state index contributed by atoms with van der Waals surface area (Å²) < 4.78 is 5.51. The fraction of sp³-hybridized carbons (Fsp3) is 0.167. The van der Waals surface area contributed by atoms with E-state index in [1.165, 1.54) is 16.2 Å². The number of carbonyl (C=O) groups is 2. The second-order valence-corrected chi connectivity index (χ2v) is 8.99. The Hall–Kier alpha value is -2.80. The first-order valence-corrected chi connectivity index (χ1v) is 11.5. The van der Waals surface area contributed by atoms with Crippen molar-refractivity contribution in [2.24, 2.45) is 0 Å². The Kier molecular flexibility index (Phi) is 6.29. The number of anilines is 1. The number of aliphatic hydroxyl groups excluding tert-OH is 1. The van der Waals surface area contributed by atoms with Crippen LogP contribution in [0.2, 0.25) is 10.0 Å². The number of ether oxygens (including phenoxy) is 1. The Morgan fingerprint density at radius 3 is 2.56 bits per heavy atom. The number of aryl methyl sites for hydroxylation is 1. The van der Waals surface area contributed by atoms with Crippen LogP contribution in [0.1, 0.15) is 29.0 Å². The molecule has 8 heteroatoms. The minimum Gasteiger partial charge on any atom is -0.507 e. The highest BCUT2D eigenvalue weighted by Gasteiger charge is 2.47. The predicted molar refractivity (Wildman–Crippen MR) is 128 cm³/mol. The van der Waals surface area contributed by atoms with Gasteiger partial charge in [-0.2, -0.15) is 0 Å². The van der Waals surface area contributed by atoms with Crippen LogP contribution in [0, 0.1) is 6.92 Å². The summed E-state index contributed by atoms with van der Waals surface area (Å²) in [7, 11) is 0. The van der Waals surface area contributed by atoms with E-state index in [1.54, 1.807) is 36.4 Å². The lowest BCUT2D eigenvalue weighted by molar-refractivity contribution is -0.132. The van der Waals surface area contributed by atoms with E-state index in [2.05, 4.69) is 0 Å². The van der Waals surface area contributed by atoms with Crippen molar-refractivity contribution >= 4 is 57.7 Å². The molecule has 164 valence electrons. The van der Waals surface area contributed by atoms with Crippen molar-refractivity contribution in [3.05, 3.63) is 85.5 Å². The highest BCUT2D eigenvalue weighted by Crippen LogP contribution is 2.44. The molecule has 0 radical (unpaired) electrons. The van der Waals surface area contributed by atoms with Gasteiger partial charge in [0.05, 0.1) is 17.2 Å². The molecule has 2 aromatic carbocycles. The van der Waals surface area contributed by atoms with Crippen LogP contribution in [0.25, 0.3) is 5.76 Å². The molecule has 0 aliphatic carbocycles. The molecular formula is C24H19Cl2NO4S. The minimum absolute atomic E-state index is 0.00100. The quantitative estimate of drug-likeness (QED) is 0.257. The molecule has 1 saturated heterocycles. The first kappa shape index (κ1) is 22.4. The van der Waals surface area contributed by atoms with Gasteiger partial charge >= 0.3 is 0 Å². The summed E-state index contributed by atoms with van der Waals surface area (Å²) in [5.41, 5.74) is 1.66. The van der Waals surface area contributed by atoms with Crippen LogP contribution in [0.3, 0.4) is 0 Å². The Bertz CT molecular complexity index is 1240. The Labute approximate surface area is 199 Å². The molecule has 0 saturated carbocycles. The van der Waals surface area contributed by atoms with Crippen molar-refractivity contribution in [2.75, 3.05) is 11.5 Å². The maximum absolute atomic E-state index is 13.1. The third-order valence-corrected chi connectivity index (χ3v) is 6.84. The number of amides is 1. The summed E-state index contributed by atoms with van der Waals surface area (Å²) in [6.45, 7) is 4.06. The van der Waals surface area contributed by atoms with E-state index in [1.807, 2.05) is 31.4 Å². The molecule has 1 N–H and O–H groups in total. The molecule has 1 atom stereocenters. The summed E-state index contributed by atoms with van der Waals surface area (Å²) in [6.07, 6.45) is 0. The molecule has 1 unspecified atom stereocenters. The Balaban J connectivity index is 1.91.